The van der Waals surface area contributed by atoms with Crippen LogP contribution >= 0.6 is 0 Å². The molecule has 0 bridgehead atoms. The number of allylic oxidation sites excluding steroid dienone is 2. The van der Waals surface area contributed by atoms with Crippen LogP contribution in [-0.4, -0.2) is 0 Å². The molecule has 1 atom stereocenters. The maximum absolute atomic E-state index is 2.44. The van der Waals surface area contributed by atoms with Crippen LogP contribution in [0.3, 0.4) is 0 Å². The minimum absolute atomic E-state index is 0.921. The molecule has 0 aromatic heterocycles. The van der Waals surface area contributed by atoms with E-state index in [-0.39, 0.29) is 0 Å². The monoisotopic (exact) mass is 322 g/mol. The summed E-state index contributed by atoms with van der Waals surface area (Å²) < 4.78 is 0. The molecular weight excluding hydrogens is 276 g/mol. The van der Waals surface area contributed by atoms with Gasteiger partial charge < -0.3 is 0 Å². The molecule has 1 unspecified atom stereocenters. The molecule has 0 heterocycles. The molecule has 0 heteroatoms. The molecule has 23 heavy (non-hydrogen) atoms. The second-order valence-electron chi connectivity index (χ2n) is 7.62. The summed E-state index contributed by atoms with van der Waals surface area (Å²) in [7, 11) is 0. The first-order valence-corrected chi connectivity index (χ1v) is 11.0. The summed E-state index contributed by atoms with van der Waals surface area (Å²) in [5.74, 6) is 0.921. The molecule has 0 aliphatic carbocycles. The fourth-order valence-corrected chi connectivity index (χ4v) is 3.25. The number of unbranched alkanes of at least 4 members (excludes halogenated alkanes) is 12. The highest BCUT2D eigenvalue weighted by Crippen LogP contribution is 2.17. The van der Waals surface area contributed by atoms with Crippen molar-refractivity contribution in [2.75, 3.05) is 0 Å². The minimum atomic E-state index is 0.921. The lowest BCUT2D eigenvalue weighted by atomic mass is 9.97. The van der Waals surface area contributed by atoms with E-state index >= 15 is 0 Å². The van der Waals surface area contributed by atoms with Crippen LogP contribution in [0.4, 0.5) is 0 Å². The molecule has 0 saturated heterocycles. The quantitative estimate of drug-likeness (QED) is 0.174. The third-order valence-electron chi connectivity index (χ3n) is 5.02. The Balaban J connectivity index is 3.22. The Bertz CT molecular complexity index is 228. The Kier molecular flexibility index (Phi) is 19.6. The van der Waals surface area contributed by atoms with Crippen molar-refractivity contribution in [1.82, 2.24) is 0 Å². The van der Waals surface area contributed by atoms with Crippen molar-refractivity contribution in [2.24, 2.45) is 5.92 Å². The molecule has 0 aromatic rings. The van der Waals surface area contributed by atoms with Crippen molar-refractivity contribution in [3.8, 4) is 0 Å². The first kappa shape index (κ1) is 22.7. The van der Waals surface area contributed by atoms with E-state index in [2.05, 4.69) is 32.9 Å². The van der Waals surface area contributed by atoms with Crippen molar-refractivity contribution < 1.29 is 0 Å². The van der Waals surface area contributed by atoms with Crippen LogP contribution in [-0.2, 0) is 0 Å². The molecule has 0 N–H and O–H groups in total. The molecule has 0 aromatic carbocycles. The third kappa shape index (κ3) is 19.7. The highest BCUT2D eigenvalue weighted by molar-refractivity contribution is 4.81. The predicted octanol–water partition coefficient (Wildman–Crippen LogP) is 8.85. The van der Waals surface area contributed by atoms with Gasteiger partial charge in [0, 0.05) is 0 Å². The summed E-state index contributed by atoms with van der Waals surface area (Å²) >= 11 is 0. The number of rotatable bonds is 18. The van der Waals surface area contributed by atoms with E-state index in [0.717, 1.165) is 5.92 Å². The van der Waals surface area contributed by atoms with Crippen LogP contribution in [0.2, 0.25) is 0 Å². The van der Waals surface area contributed by atoms with Crippen molar-refractivity contribution in [2.45, 2.75) is 130 Å². The van der Waals surface area contributed by atoms with E-state index in [9.17, 15) is 0 Å². The minimum Gasteiger partial charge on any atom is -0.0885 e. The Morgan fingerprint density at radius 2 is 1.00 bits per heavy atom. The molecule has 138 valence electrons. The molecule has 0 fully saturated rings. The standard InChI is InChI=1S/C23H46/c1-4-6-8-10-12-13-14-16-18-20-22-23(3)21-19-17-15-11-9-7-5-2/h16,18,23H,4-15,17,19-22H2,1-3H3/b18-16+. The first-order valence-electron chi connectivity index (χ1n) is 11.0. The van der Waals surface area contributed by atoms with Crippen LogP contribution in [0.5, 0.6) is 0 Å². The molecule has 0 nitrogen and oxygen atoms in total. The Morgan fingerprint density at radius 3 is 1.61 bits per heavy atom. The Morgan fingerprint density at radius 1 is 0.522 bits per heavy atom. The largest absolute Gasteiger partial charge is 0.0885 e. The van der Waals surface area contributed by atoms with Crippen LogP contribution in [0.25, 0.3) is 0 Å². The van der Waals surface area contributed by atoms with Gasteiger partial charge in [-0.15, -0.1) is 0 Å². The third-order valence-corrected chi connectivity index (χ3v) is 5.02. The summed E-state index contributed by atoms with van der Waals surface area (Å²) in [5, 5.41) is 0. The lowest BCUT2D eigenvalue weighted by Gasteiger charge is -2.09. The van der Waals surface area contributed by atoms with Crippen molar-refractivity contribution in [3.63, 3.8) is 0 Å². The summed E-state index contributed by atoms with van der Waals surface area (Å²) in [5.41, 5.74) is 0. The highest BCUT2D eigenvalue weighted by atomic mass is 14.1. The van der Waals surface area contributed by atoms with Crippen LogP contribution in [0.1, 0.15) is 130 Å². The van der Waals surface area contributed by atoms with Gasteiger partial charge in [-0.3, -0.25) is 0 Å². The summed E-state index contributed by atoms with van der Waals surface area (Å²) in [4.78, 5) is 0. The summed E-state index contributed by atoms with van der Waals surface area (Å²) in [6, 6.07) is 0. The normalized spacial score (nSPS) is 13.0. The second kappa shape index (κ2) is 19.8. The molecular formula is C23H46. The van der Waals surface area contributed by atoms with Gasteiger partial charge in [0.15, 0.2) is 0 Å². The average Bonchev–Trinajstić information content (AvgIpc) is 2.55. The Labute approximate surface area is 148 Å². The van der Waals surface area contributed by atoms with Gasteiger partial charge in [-0.2, -0.15) is 0 Å². The average molecular weight is 323 g/mol. The van der Waals surface area contributed by atoms with E-state index < -0.39 is 0 Å². The Hall–Kier alpha value is -0.260. The van der Waals surface area contributed by atoms with Crippen molar-refractivity contribution >= 4 is 0 Å². The topological polar surface area (TPSA) is 0 Å². The fraction of sp³-hybridized carbons (Fsp3) is 0.913. The smallest absolute Gasteiger partial charge is 0.0348 e. The fourth-order valence-electron chi connectivity index (χ4n) is 3.25. The SMILES string of the molecule is CCCCCCCC/C=C/CCC(C)CCCCCCCCC. The van der Waals surface area contributed by atoms with Gasteiger partial charge in [0.1, 0.15) is 0 Å². The predicted molar refractivity (Wildman–Crippen MR) is 108 cm³/mol. The maximum atomic E-state index is 2.44. The molecule has 0 aliphatic rings. The van der Waals surface area contributed by atoms with Crippen molar-refractivity contribution in [1.29, 1.82) is 0 Å². The summed E-state index contributed by atoms with van der Waals surface area (Å²) in [6.45, 7) is 7.03. The van der Waals surface area contributed by atoms with Crippen molar-refractivity contribution in [3.05, 3.63) is 12.2 Å². The first-order chi connectivity index (χ1) is 11.3. The molecule has 0 rings (SSSR count). The van der Waals surface area contributed by atoms with Gasteiger partial charge >= 0.3 is 0 Å². The number of hydrogen-bond donors (Lipinski definition) is 0. The molecule has 0 radical (unpaired) electrons. The van der Waals surface area contributed by atoms with Gasteiger partial charge in [0.25, 0.3) is 0 Å². The van der Waals surface area contributed by atoms with Gasteiger partial charge in [-0.05, 0) is 31.6 Å². The van der Waals surface area contributed by atoms with Gasteiger partial charge in [-0.25, -0.2) is 0 Å². The zero-order chi connectivity index (χ0) is 17.0. The van der Waals surface area contributed by atoms with E-state index in [1.54, 1.807) is 0 Å². The zero-order valence-corrected chi connectivity index (χ0v) is 16.8. The van der Waals surface area contributed by atoms with Gasteiger partial charge in [-0.1, -0.05) is 116 Å². The lowest BCUT2D eigenvalue weighted by Crippen LogP contribution is -1.94. The zero-order valence-electron chi connectivity index (χ0n) is 16.8. The highest BCUT2D eigenvalue weighted by Gasteiger charge is 2.00. The number of hydrogen-bond acceptors (Lipinski definition) is 0. The van der Waals surface area contributed by atoms with Crippen LogP contribution in [0, 0.1) is 5.92 Å². The van der Waals surface area contributed by atoms with Crippen LogP contribution in [0.15, 0.2) is 12.2 Å². The molecule has 0 saturated carbocycles. The molecule has 0 spiro atoms. The van der Waals surface area contributed by atoms with Crippen LogP contribution < -0.4 is 0 Å². The summed E-state index contributed by atoms with van der Waals surface area (Å²) in [6.07, 6.45) is 28.9. The molecule has 0 amide bonds. The maximum Gasteiger partial charge on any atom is -0.0348 e. The van der Waals surface area contributed by atoms with Gasteiger partial charge in [0.2, 0.25) is 0 Å². The second-order valence-corrected chi connectivity index (χ2v) is 7.62. The molecule has 0 aliphatic heterocycles. The van der Waals surface area contributed by atoms with E-state index in [0.29, 0.717) is 0 Å². The van der Waals surface area contributed by atoms with Gasteiger partial charge in [0.05, 0.1) is 0 Å². The van der Waals surface area contributed by atoms with E-state index in [1.807, 2.05) is 0 Å². The van der Waals surface area contributed by atoms with E-state index in [1.165, 1.54) is 109 Å². The lowest BCUT2D eigenvalue weighted by molar-refractivity contribution is 0.458. The van der Waals surface area contributed by atoms with E-state index in [4.69, 9.17) is 0 Å².